The monoisotopic (exact) mass is 380 g/mol. The molecule has 8 heteroatoms. The van der Waals surface area contributed by atoms with Crippen LogP contribution in [-0.2, 0) is 10.0 Å². The molecule has 0 N–H and O–H groups in total. The minimum absolute atomic E-state index is 0.00382. The number of nitro benzene ring substituents is 1. The van der Waals surface area contributed by atoms with Gasteiger partial charge >= 0.3 is 0 Å². The van der Waals surface area contributed by atoms with Crippen molar-refractivity contribution in [3.63, 3.8) is 0 Å². The first-order valence-electron chi connectivity index (χ1n) is 7.33. The number of hydrogen-bond acceptors (Lipinski definition) is 4. The van der Waals surface area contributed by atoms with Crippen molar-refractivity contribution >= 4 is 33.0 Å². The van der Waals surface area contributed by atoms with Gasteiger partial charge in [-0.05, 0) is 37.1 Å². The molecule has 0 aliphatic heterocycles. The van der Waals surface area contributed by atoms with E-state index in [9.17, 15) is 18.5 Å². The lowest BCUT2D eigenvalue weighted by molar-refractivity contribution is -0.385. The molecule has 6 nitrogen and oxygen atoms in total. The van der Waals surface area contributed by atoms with Crippen molar-refractivity contribution in [1.29, 1.82) is 0 Å². The number of halogens is 1. The standard InChI is InChI=1S/C17H17ClN2O4S/c1-4-9-19(14-7-5-12(2)16(18)10-14)25(23,24)17-11-15(20(21)22)8-6-13(17)3/h4-8,10-11H,1,9H2,2-3H3. The van der Waals surface area contributed by atoms with E-state index < -0.39 is 14.9 Å². The fourth-order valence-electron chi connectivity index (χ4n) is 2.30. The molecule has 0 fully saturated rings. The minimum atomic E-state index is -4.03. The van der Waals surface area contributed by atoms with E-state index in [1.54, 1.807) is 25.1 Å². The van der Waals surface area contributed by atoms with Crippen LogP contribution in [0.3, 0.4) is 0 Å². The molecule has 0 amide bonds. The number of nitro groups is 1. The molecule has 2 aromatic rings. The Balaban J connectivity index is 2.64. The van der Waals surface area contributed by atoms with Gasteiger partial charge < -0.3 is 0 Å². The number of benzene rings is 2. The van der Waals surface area contributed by atoms with Crippen molar-refractivity contribution in [2.75, 3.05) is 10.8 Å². The highest BCUT2D eigenvalue weighted by Crippen LogP contribution is 2.30. The molecule has 25 heavy (non-hydrogen) atoms. The van der Waals surface area contributed by atoms with Crippen LogP contribution >= 0.6 is 11.6 Å². The van der Waals surface area contributed by atoms with Gasteiger partial charge in [-0.25, -0.2) is 8.42 Å². The van der Waals surface area contributed by atoms with Crippen LogP contribution in [0.5, 0.6) is 0 Å². The number of aryl methyl sites for hydroxylation is 2. The number of rotatable bonds is 6. The second-order valence-corrected chi connectivity index (χ2v) is 7.70. The molecular formula is C17H17ClN2O4S. The summed E-state index contributed by atoms with van der Waals surface area (Å²) >= 11 is 6.12. The predicted molar refractivity (Wildman–Crippen MR) is 98.8 cm³/mol. The van der Waals surface area contributed by atoms with Crippen LogP contribution in [0.2, 0.25) is 5.02 Å². The first-order valence-corrected chi connectivity index (χ1v) is 9.15. The molecule has 0 atom stereocenters. The molecule has 0 unspecified atom stereocenters. The SMILES string of the molecule is C=CCN(c1ccc(C)c(Cl)c1)S(=O)(=O)c1cc([N+](=O)[O-])ccc1C. The number of nitrogens with zero attached hydrogens (tertiary/aromatic N) is 2. The van der Waals surface area contributed by atoms with E-state index in [2.05, 4.69) is 6.58 Å². The Hall–Kier alpha value is -2.38. The van der Waals surface area contributed by atoms with E-state index in [1.807, 2.05) is 6.92 Å². The summed E-state index contributed by atoms with van der Waals surface area (Å²) < 4.78 is 27.4. The highest BCUT2D eigenvalue weighted by molar-refractivity contribution is 7.92. The van der Waals surface area contributed by atoms with Gasteiger partial charge in [-0.3, -0.25) is 14.4 Å². The summed E-state index contributed by atoms with van der Waals surface area (Å²) in [6, 6.07) is 8.65. The Bertz CT molecular complexity index is 942. The second-order valence-electron chi connectivity index (χ2n) is 5.47. The van der Waals surface area contributed by atoms with Crippen LogP contribution in [0.4, 0.5) is 11.4 Å². The summed E-state index contributed by atoms with van der Waals surface area (Å²) in [5.74, 6) is 0. The van der Waals surface area contributed by atoms with E-state index in [0.717, 1.165) is 15.9 Å². The first-order chi connectivity index (χ1) is 11.7. The number of sulfonamides is 1. The van der Waals surface area contributed by atoms with Crippen LogP contribution in [0.25, 0.3) is 0 Å². The molecule has 2 aromatic carbocycles. The molecule has 0 aromatic heterocycles. The zero-order chi connectivity index (χ0) is 18.8. The van der Waals surface area contributed by atoms with E-state index in [1.165, 1.54) is 18.2 Å². The molecule has 0 saturated heterocycles. The van der Waals surface area contributed by atoms with Gasteiger partial charge in [0.25, 0.3) is 15.7 Å². The summed E-state index contributed by atoms with van der Waals surface area (Å²) in [6.45, 7) is 6.99. The lowest BCUT2D eigenvalue weighted by atomic mass is 10.2. The molecule has 2 rings (SSSR count). The molecule has 0 radical (unpaired) electrons. The van der Waals surface area contributed by atoms with Gasteiger partial charge in [0.2, 0.25) is 0 Å². The maximum Gasteiger partial charge on any atom is 0.270 e. The van der Waals surface area contributed by atoms with E-state index in [-0.39, 0.29) is 17.1 Å². The Labute approximate surface area is 151 Å². The lowest BCUT2D eigenvalue weighted by Crippen LogP contribution is -2.31. The molecule has 0 heterocycles. The van der Waals surface area contributed by atoms with E-state index >= 15 is 0 Å². The topological polar surface area (TPSA) is 80.5 Å². The maximum absolute atomic E-state index is 13.1. The van der Waals surface area contributed by atoms with Gasteiger partial charge in [-0.15, -0.1) is 6.58 Å². The average molecular weight is 381 g/mol. The third-order valence-electron chi connectivity index (χ3n) is 3.69. The average Bonchev–Trinajstić information content (AvgIpc) is 2.55. The van der Waals surface area contributed by atoms with E-state index in [4.69, 9.17) is 11.6 Å². The van der Waals surface area contributed by atoms with Crippen LogP contribution in [-0.4, -0.2) is 19.9 Å². The largest absolute Gasteiger partial charge is 0.270 e. The van der Waals surface area contributed by atoms with Crippen LogP contribution in [0.1, 0.15) is 11.1 Å². The molecular weight excluding hydrogens is 364 g/mol. The molecule has 0 aliphatic carbocycles. The summed E-state index contributed by atoms with van der Waals surface area (Å²) in [5, 5.41) is 11.4. The third-order valence-corrected chi connectivity index (χ3v) is 6.03. The van der Waals surface area contributed by atoms with Crippen molar-refractivity contribution in [2.45, 2.75) is 18.7 Å². The molecule has 0 bridgehead atoms. The fourth-order valence-corrected chi connectivity index (χ4v) is 4.15. The quantitative estimate of drug-likeness (QED) is 0.426. The van der Waals surface area contributed by atoms with Gasteiger partial charge in [-0.1, -0.05) is 29.8 Å². The van der Waals surface area contributed by atoms with E-state index in [0.29, 0.717) is 16.3 Å². The maximum atomic E-state index is 13.1. The molecule has 0 spiro atoms. The van der Waals surface area contributed by atoms with Crippen LogP contribution in [0.15, 0.2) is 53.9 Å². The molecule has 0 aliphatic rings. The normalized spacial score (nSPS) is 11.2. The zero-order valence-corrected chi connectivity index (χ0v) is 15.3. The highest BCUT2D eigenvalue weighted by Gasteiger charge is 2.28. The number of non-ortho nitro benzene ring substituents is 1. The van der Waals surface area contributed by atoms with Gasteiger partial charge in [0, 0.05) is 17.2 Å². The van der Waals surface area contributed by atoms with Gasteiger partial charge in [0.1, 0.15) is 0 Å². The van der Waals surface area contributed by atoms with Crippen molar-refractivity contribution in [1.82, 2.24) is 0 Å². The molecule has 0 saturated carbocycles. The smallest absolute Gasteiger partial charge is 0.262 e. The lowest BCUT2D eigenvalue weighted by Gasteiger charge is -2.24. The van der Waals surface area contributed by atoms with Crippen molar-refractivity contribution in [3.8, 4) is 0 Å². The summed E-state index contributed by atoms with van der Waals surface area (Å²) in [4.78, 5) is 10.3. The summed E-state index contributed by atoms with van der Waals surface area (Å²) in [7, 11) is -4.03. The first kappa shape index (κ1) is 19.0. The van der Waals surface area contributed by atoms with Gasteiger partial charge in [0.15, 0.2) is 0 Å². The molecule has 132 valence electrons. The number of hydrogen-bond donors (Lipinski definition) is 0. The van der Waals surface area contributed by atoms with Crippen molar-refractivity contribution in [2.24, 2.45) is 0 Å². The summed E-state index contributed by atoms with van der Waals surface area (Å²) in [5.41, 5.74) is 1.30. The Morgan fingerprint density at radius 2 is 1.84 bits per heavy atom. The Morgan fingerprint density at radius 3 is 2.40 bits per heavy atom. The van der Waals surface area contributed by atoms with Gasteiger partial charge in [0.05, 0.1) is 22.1 Å². The third kappa shape index (κ3) is 3.83. The zero-order valence-electron chi connectivity index (χ0n) is 13.8. The Morgan fingerprint density at radius 1 is 1.20 bits per heavy atom. The number of anilines is 1. The van der Waals surface area contributed by atoms with Crippen molar-refractivity contribution in [3.05, 3.63) is 75.3 Å². The van der Waals surface area contributed by atoms with Crippen LogP contribution in [0, 0.1) is 24.0 Å². The predicted octanol–water partition coefficient (Wildman–Crippen LogP) is 4.25. The van der Waals surface area contributed by atoms with Crippen LogP contribution < -0.4 is 4.31 Å². The Kier molecular flexibility index (Phi) is 5.49. The highest BCUT2D eigenvalue weighted by atomic mass is 35.5. The fraction of sp³-hybridized carbons (Fsp3) is 0.176. The van der Waals surface area contributed by atoms with Crippen molar-refractivity contribution < 1.29 is 13.3 Å². The second kappa shape index (κ2) is 7.25. The minimum Gasteiger partial charge on any atom is -0.262 e. The van der Waals surface area contributed by atoms with Gasteiger partial charge in [-0.2, -0.15) is 0 Å². The summed E-state index contributed by atoms with van der Waals surface area (Å²) in [6.07, 6.45) is 1.44.